The van der Waals surface area contributed by atoms with E-state index in [-0.39, 0.29) is 36.4 Å². The number of carbonyl (C=O) groups is 1. The molecule has 4 aromatic rings. The van der Waals surface area contributed by atoms with Gasteiger partial charge in [-0.25, -0.2) is 9.67 Å². The lowest BCUT2D eigenvalue weighted by Crippen LogP contribution is -2.34. The van der Waals surface area contributed by atoms with Crippen molar-refractivity contribution in [2.24, 2.45) is 0 Å². The number of carboxylic acid groups (broad SMARTS) is 1. The zero-order valence-corrected chi connectivity index (χ0v) is 24.1. The summed E-state index contributed by atoms with van der Waals surface area (Å²) in [5, 5.41) is 18.3. The minimum Gasteiger partial charge on any atom is -0.481 e. The SMILES string of the molecule is CC[C@@H]1CN(Cc2cc([C@@H](CC(=O)O)c3ccc4c(nnn4CC)c3C)sc2Cl)S(O)(O)c2cccnc2O1. The van der Waals surface area contributed by atoms with Crippen LogP contribution in [0.15, 0.2) is 41.4 Å². The number of aryl methyl sites for hydroxylation is 2. The molecule has 0 amide bonds. The highest BCUT2D eigenvalue weighted by Crippen LogP contribution is 2.57. The molecule has 10 nitrogen and oxygen atoms in total. The van der Waals surface area contributed by atoms with Gasteiger partial charge in [0.25, 0.3) is 0 Å². The third-order valence-corrected chi connectivity index (χ3v) is 10.5. The van der Waals surface area contributed by atoms with E-state index in [4.69, 9.17) is 16.3 Å². The highest BCUT2D eigenvalue weighted by Gasteiger charge is 2.36. The fourth-order valence-corrected chi connectivity index (χ4v) is 7.90. The van der Waals surface area contributed by atoms with Crippen molar-refractivity contribution in [1.29, 1.82) is 0 Å². The number of hydrogen-bond acceptors (Lipinski definition) is 9. The average Bonchev–Trinajstić information content (AvgIpc) is 3.47. The maximum atomic E-state index is 11.9. The van der Waals surface area contributed by atoms with Crippen LogP contribution in [0.25, 0.3) is 11.0 Å². The molecule has 208 valence electrons. The molecule has 1 aliphatic heterocycles. The number of pyridine rings is 1. The zero-order valence-electron chi connectivity index (χ0n) is 21.7. The first kappa shape index (κ1) is 27.8. The van der Waals surface area contributed by atoms with E-state index in [1.54, 1.807) is 27.3 Å². The summed E-state index contributed by atoms with van der Waals surface area (Å²) in [7, 11) is -3.41. The third kappa shape index (κ3) is 5.24. The molecule has 5 rings (SSSR count). The average molecular weight is 592 g/mol. The molecule has 0 radical (unpaired) electrons. The van der Waals surface area contributed by atoms with Crippen molar-refractivity contribution < 1.29 is 23.7 Å². The van der Waals surface area contributed by atoms with E-state index in [0.29, 0.717) is 22.9 Å². The van der Waals surface area contributed by atoms with Crippen molar-refractivity contribution in [2.45, 2.75) is 63.6 Å². The number of ether oxygens (including phenoxy) is 1. The maximum absolute atomic E-state index is 11.9. The Labute approximate surface area is 236 Å². The van der Waals surface area contributed by atoms with Gasteiger partial charge in [0, 0.05) is 30.1 Å². The molecule has 0 saturated heterocycles. The molecule has 0 bridgehead atoms. The van der Waals surface area contributed by atoms with Crippen LogP contribution in [0, 0.1) is 6.92 Å². The molecule has 1 aromatic carbocycles. The second kappa shape index (κ2) is 11.0. The fourth-order valence-electron chi connectivity index (χ4n) is 4.93. The van der Waals surface area contributed by atoms with Crippen LogP contribution in [0.4, 0.5) is 0 Å². The molecule has 0 saturated carbocycles. The van der Waals surface area contributed by atoms with Crippen molar-refractivity contribution in [3.05, 3.63) is 62.4 Å². The highest BCUT2D eigenvalue weighted by atomic mass is 35.5. The molecule has 0 unspecified atom stereocenters. The lowest BCUT2D eigenvalue weighted by Gasteiger charge is -2.41. The monoisotopic (exact) mass is 591 g/mol. The van der Waals surface area contributed by atoms with Gasteiger partial charge in [-0.05, 0) is 61.2 Å². The van der Waals surface area contributed by atoms with Gasteiger partial charge in [0.05, 0.1) is 22.8 Å². The Hall–Kier alpha value is -2.74. The van der Waals surface area contributed by atoms with Gasteiger partial charge in [-0.15, -0.1) is 27.2 Å². The normalized spacial score (nSPS) is 18.8. The predicted molar refractivity (Wildman–Crippen MR) is 152 cm³/mol. The number of hydrogen-bond donors (Lipinski definition) is 3. The minimum absolute atomic E-state index is 0.131. The maximum Gasteiger partial charge on any atom is 0.304 e. The molecule has 0 spiro atoms. The first-order valence-corrected chi connectivity index (χ1v) is 15.3. The van der Waals surface area contributed by atoms with Gasteiger partial charge < -0.3 is 9.84 Å². The van der Waals surface area contributed by atoms with E-state index in [1.165, 1.54) is 11.3 Å². The summed E-state index contributed by atoms with van der Waals surface area (Å²) in [6.45, 7) is 6.97. The number of thiophene rings is 1. The van der Waals surface area contributed by atoms with Crippen LogP contribution in [-0.2, 0) is 17.9 Å². The molecule has 13 heteroatoms. The number of benzene rings is 1. The summed E-state index contributed by atoms with van der Waals surface area (Å²) in [6, 6.07) is 8.99. The quantitative estimate of drug-likeness (QED) is 0.220. The van der Waals surface area contributed by atoms with Gasteiger partial charge in [0.15, 0.2) is 0 Å². The van der Waals surface area contributed by atoms with E-state index in [2.05, 4.69) is 15.3 Å². The van der Waals surface area contributed by atoms with Crippen molar-refractivity contribution in [3.8, 4) is 5.88 Å². The van der Waals surface area contributed by atoms with Crippen LogP contribution < -0.4 is 4.74 Å². The molecule has 3 aromatic heterocycles. The molecule has 1 aliphatic rings. The van der Waals surface area contributed by atoms with Crippen molar-refractivity contribution in [1.82, 2.24) is 24.3 Å². The van der Waals surface area contributed by atoms with Crippen LogP contribution >= 0.6 is 33.7 Å². The van der Waals surface area contributed by atoms with Gasteiger partial charge in [0.2, 0.25) is 5.88 Å². The molecule has 2 atom stereocenters. The lowest BCUT2D eigenvalue weighted by molar-refractivity contribution is -0.137. The molecule has 39 heavy (non-hydrogen) atoms. The zero-order chi connectivity index (χ0) is 27.9. The van der Waals surface area contributed by atoms with E-state index in [9.17, 15) is 19.0 Å². The first-order valence-electron chi connectivity index (χ1n) is 12.6. The Balaban J connectivity index is 1.51. The molecule has 0 aliphatic carbocycles. The number of nitrogens with zero attached hydrogens (tertiary/aromatic N) is 5. The van der Waals surface area contributed by atoms with Crippen LogP contribution in [0.3, 0.4) is 0 Å². The van der Waals surface area contributed by atoms with E-state index < -0.39 is 22.7 Å². The van der Waals surface area contributed by atoms with E-state index >= 15 is 0 Å². The van der Waals surface area contributed by atoms with Crippen LogP contribution in [-0.4, -0.2) is 57.1 Å². The molecular formula is C26H30ClN5O5S2. The lowest BCUT2D eigenvalue weighted by atomic mass is 9.89. The molecule has 3 N–H and O–H groups in total. The Morgan fingerprint density at radius 3 is 2.82 bits per heavy atom. The minimum atomic E-state index is -3.41. The fraction of sp³-hybridized carbons (Fsp3) is 0.385. The third-order valence-electron chi connectivity index (χ3n) is 7.03. The number of aliphatic carboxylic acids is 1. The second-order valence-corrected chi connectivity index (χ2v) is 13.1. The van der Waals surface area contributed by atoms with Gasteiger partial charge in [-0.3, -0.25) is 13.9 Å². The standard InChI is InChI=1S/C26H30ClN5O5S2/c1-4-17-14-31(39(35,36)22-7-6-10-28-26(22)37-17)13-16-11-21(38-25(16)27)19(12-23(33)34)18-8-9-20-24(15(18)3)29-30-32(20)5-2/h6-11,17,19,35-36H,4-5,12-14H2,1-3H3,(H,33,34)/t17-,19+/m1/s1. The Bertz CT molecular complexity index is 1520. The van der Waals surface area contributed by atoms with Crippen molar-refractivity contribution in [3.63, 3.8) is 0 Å². The van der Waals surface area contributed by atoms with Crippen LogP contribution in [0.2, 0.25) is 4.34 Å². The number of halogens is 1. The van der Waals surface area contributed by atoms with E-state index in [1.807, 2.05) is 39.0 Å². The van der Waals surface area contributed by atoms with Crippen molar-refractivity contribution >= 4 is 50.7 Å². The van der Waals surface area contributed by atoms with Gasteiger partial charge >= 0.3 is 5.97 Å². The van der Waals surface area contributed by atoms with Crippen molar-refractivity contribution in [2.75, 3.05) is 6.54 Å². The number of rotatable bonds is 8. The smallest absolute Gasteiger partial charge is 0.304 e. The van der Waals surface area contributed by atoms with Gasteiger partial charge in [-0.1, -0.05) is 29.8 Å². The predicted octanol–water partition coefficient (Wildman–Crippen LogP) is 6.17. The summed E-state index contributed by atoms with van der Waals surface area (Å²) in [4.78, 5) is 17.2. The molecular weight excluding hydrogens is 562 g/mol. The molecule has 4 heterocycles. The number of fused-ring (bicyclic) bond motifs is 2. The Morgan fingerprint density at radius 1 is 1.31 bits per heavy atom. The topological polar surface area (TPSA) is 134 Å². The van der Waals surface area contributed by atoms with Gasteiger partial charge in [0.1, 0.15) is 16.5 Å². The Kier molecular flexibility index (Phi) is 7.86. The largest absolute Gasteiger partial charge is 0.481 e. The highest BCUT2D eigenvalue weighted by molar-refractivity contribution is 8.22. The first-order chi connectivity index (χ1) is 18.6. The summed E-state index contributed by atoms with van der Waals surface area (Å²) in [5.74, 6) is -1.18. The number of aromatic nitrogens is 4. The second-order valence-electron chi connectivity index (χ2n) is 9.45. The Morgan fingerprint density at radius 2 is 2.10 bits per heavy atom. The summed E-state index contributed by atoms with van der Waals surface area (Å²) in [6.07, 6.45) is 1.78. The van der Waals surface area contributed by atoms with Crippen LogP contribution in [0.5, 0.6) is 5.88 Å². The number of carboxylic acids is 1. The van der Waals surface area contributed by atoms with Gasteiger partial charge in [-0.2, -0.15) is 4.31 Å². The summed E-state index contributed by atoms with van der Waals surface area (Å²) < 4.78 is 32.5. The molecule has 0 fully saturated rings. The van der Waals surface area contributed by atoms with E-state index in [0.717, 1.165) is 27.0 Å². The summed E-state index contributed by atoms with van der Waals surface area (Å²) in [5.41, 5.74) is 4.04. The summed E-state index contributed by atoms with van der Waals surface area (Å²) >= 11 is 8.02. The van der Waals surface area contributed by atoms with Crippen LogP contribution in [0.1, 0.15) is 54.2 Å².